The molecular weight excluding hydrogens is 389 g/mol. The molecular formula is C17H30IN3O. The molecule has 0 heterocycles. The van der Waals surface area contributed by atoms with E-state index in [4.69, 9.17) is 4.74 Å². The number of hydrogen-bond donors (Lipinski definition) is 0. The Morgan fingerprint density at radius 2 is 1.59 bits per heavy atom. The van der Waals surface area contributed by atoms with Crippen molar-refractivity contribution in [2.75, 3.05) is 28.2 Å². The molecule has 0 aliphatic carbocycles. The Morgan fingerprint density at radius 3 is 2.09 bits per heavy atom. The predicted octanol–water partition coefficient (Wildman–Crippen LogP) is 3.60. The highest BCUT2D eigenvalue weighted by Gasteiger charge is 2.10. The van der Waals surface area contributed by atoms with Crippen LogP contribution in [0.2, 0.25) is 0 Å². The van der Waals surface area contributed by atoms with Crippen LogP contribution in [0.25, 0.3) is 0 Å². The minimum absolute atomic E-state index is 0. The van der Waals surface area contributed by atoms with Crippen molar-refractivity contribution in [2.24, 2.45) is 4.99 Å². The van der Waals surface area contributed by atoms with Gasteiger partial charge in [0.05, 0.1) is 18.8 Å². The first-order valence-corrected chi connectivity index (χ1v) is 7.30. The standard InChI is InChI=1S/C17H29N3O.HI/c1-17(2,3)21-13-15-10-8-9-14(11-15)12-18-16(19(4)5)20(6)7;/h8-11H,12-13H2,1-7H3;1H. The number of ether oxygens (including phenoxy) is 1. The lowest BCUT2D eigenvalue weighted by molar-refractivity contribution is -0.0149. The summed E-state index contributed by atoms with van der Waals surface area (Å²) in [7, 11) is 8.03. The van der Waals surface area contributed by atoms with E-state index >= 15 is 0 Å². The molecule has 0 atom stereocenters. The van der Waals surface area contributed by atoms with Crippen LogP contribution in [0.5, 0.6) is 0 Å². The molecule has 0 N–H and O–H groups in total. The van der Waals surface area contributed by atoms with Gasteiger partial charge >= 0.3 is 0 Å². The average Bonchev–Trinajstić information content (AvgIpc) is 2.35. The second kappa shape index (κ2) is 9.35. The van der Waals surface area contributed by atoms with Gasteiger partial charge in [0.15, 0.2) is 5.96 Å². The first-order valence-electron chi connectivity index (χ1n) is 7.30. The molecule has 0 aliphatic rings. The third-order valence-electron chi connectivity index (χ3n) is 2.87. The monoisotopic (exact) mass is 419 g/mol. The lowest BCUT2D eigenvalue weighted by Crippen LogP contribution is -2.35. The topological polar surface area (TPSA) is 28.1 Å². The van der Waals surface area contributed by atoms with Gasteiger partial charge < -0.3 is 14.5 Å². The first-order chi connectivity index (χ1) is 9.69. The molecule has 126 valence electrons. The van der Waals surface area contributed by atoms with Crippen molar-refractivity contribution < 1.29 is 4.74 Å². The molecule has 0 unspecified atom stereocenters. The van der Waals surface area contributed by atoms with Crippen molar-refractivity contribution >= 4 is 29.9 Å². The van der Waals surface area contributed by atoms with Gasteiger partial charge in [-0.1, -0.05) is 24.3 Å². The summed E-state index contributed by atoms with van der Waals surface area (Å²) in [5.74, 6) is 0.964. The molecule has 1 rings (SSSR count). The van der Waals surface area contributed by atoms with E-state index in [0.717, 1.165) is 5.96 Å². The van der Waals surface area contributed by atoms with Gasteiger partial charge in [-0.2, -0.15) is 0 Å². The fourth-order valence-electron chi connectivity index (χ4n) is 1.96. The van der Waals surface area contributed by atoms with Crippen molar-refractivity contribution in [3.05, 3.63) is 35.4 Å². The summed E-state index contributed by atoms with van der Waals surface area (Å²) >= 11 is 0. The van der Waals surface area contributed by atoms with Crippen molar-refractivity contribution in [1.82, 2.24) is 9.80 Å². The maximum atomic E-state index is 5.82. The van der Waals surface area contributed by atoms with E-state index in [-0.39, 0.29) is 29.6 Å². The molecule has 4 nitrogen and oxygen atoms in total. The van der Waals surface area contributed by atoms with Crippen molar-refractivity contribution in [1.29, 1.82) is 0 Å². The van der Waals surface area contributed by atoms with Crippen LogP contribution >= 0.6 is 24.0 Å². The molecule has 1 aromatic carbocycles. The minimum Gasteiger partial charge on any atom is -0.371 e. The van der Waals surface area contributed by atoms with E-state index < -0.39 is 0 Å². The lowest BCUT2D eigenvalue weighted by atomic mass is 10.1. The lowest BCUT2D eigenvalue weighted by Gasteiger charge is -2.22. The molecule has 0 aromatic heterocycles. The van der Waals surface area contributed by atoms with E-state index in [1.54, 1.807) is 0 Å². The van der Waals surface area contributed by atoms with Crippen LogP contribution in [-0.4, -0.2) is 49.6 Å². The summed E-state index contributed by atoms with van der Waals surface area (Å²) in [4.78, 5) is 8.71. The van der Waals surface area contributed by atoms with Gasteiger partial charge in [-0.05, 0) is 31.9 Å². The van der Waals surface area contributed by atoms with Gasteiger partial charge in [-0.15, -0.1) is 24.0 Å². The van der Waals surface area contributed by atoms with Crippen molar-refractivity contribution in [3.63, 3.8) is 0 Å². The highest BCUT2D eigenvalue weighted by Crippen LogP contribution is 2.13. The summed E-state index contributed by atoms with van der Waals surface area (Å²) < 4.78 is 5.82. The van der Waals surface area contributed by atoms with E-state index in [2.05, 4.69) is 50.0 Å². The Balaban J connectivity index is 0.00000441. The molecule has 22 heavy (non-hydrogen) atoms. The van der Waals surface area contributed by atoms with Crippen LogP contribution < -0.4 is 0 Å². The van der Waals surface area contributed by atoms with Crippen LogP contribution in [0.3, 0.4) is 0 Å². The maximum Gasteiger partial charge on any atom is 0.195 e. The Morgan fingerprint density at radius 1 is 1.05 bits per heavy atom. The summed E-state index contributed by atoms with van der Waals surface area (Å²) in [6.45, 7) is 7.52. The van der Waals surface area contributed by atoms with Crippen LogP contribution in [-0.2, 0) is 17.9 Å². The average molecular weight is 419 g/mol. The Bertz CT molecular complexity index is 469. The quantitative estimate of drug-likeness (QED) is 0.424. The van der Waals surface area contributed by atoms with Crippen LogP contribution in [0.1, 0.15) is 31.9 Å². The molecule has 1 aromatic rings. The molecule has 5 heteroatoms. The molecule has 0 amide bonds. The van der Waals surface area contributed by atoms with Crippen LogP contribution in [0.4, 0.5) is 0 Å². The summed E-state index contributed by atoms with van der Waals surface area (Å²) in [6.07, 6.45) is 0. The normalized spacial score (nSPS) is 10.7. The van der Waals surface area contributed by atoms with Crippen LogP contribution in [0.15, 0.2) is 29.3 Å². The number of rotatable bonds is 4. The van der Waals surface area contributed by atoms with Gasteiger partial charge in [0.1, 0.15) is 0 Å². The molecule has 0 fully saturated rings. The fraction of sp³-hybridized carbons (Fsp3) is 0.588. The van der Waals surface area contributed by atoms with Crippen molar-refractivity contribution in [3.8, 4) is 0 Å². The maximum absolute atomic E-state index is 5.82. The van der Waals surface area contributed by atoms with E-state index in [1.807, 2.05) is 38.0 Å². The highest BCUT2D eigenvalue weighted by atomic mass is 127. The predicted molar refractivity (Wildman–Crippen MR) is 105 cm³/mol. The number of benzene rings is 1. The second-order valence-electron chi connectivity index (χ2n) is 6.63. The number of hydrogen-bond acceptors (Lipinski definition) is 2. The van der Waals surface area contributed by atoms with Gasteiger partial charge in [0.2, 0.25) is 0 Å². The minimum atomic E-state index is -0.114. The zero-order valence-corrected chi connectivity index (χ0v) is 17.2. The van der Waals surface area contributed by atoms with E-state index in [9.17, 15) is 0 Å². The van der Waals surface area contributed by atoms with Gasteiger partial charge in [0, 0.05) is 28.2 Å². The first kappa shape index (κ1) is 21.2. The van der Waals surface area contributed by atoms with E-state index in [1.165, 1.54) is 11.1 Å². The van der Waals surface area contributed by atoms with Crippen molar-refractivity contribution in [2.45, 2.75) is 39.5 Å². The largest absolute Gasteiger partial charge is 0.371 e. The molecule has 0 radical (unpaired) electrons. The molecule has 0 saturated heterocycles. The van der Waals surface area contributed by atoms with E-state index in [0.29, 0.717) is 13.2 Å². The van der Waals surface area contributed by atoms with Gasteiger partial charge in [0.25, 0.3) is 0 Å². The zero-order chi connectivity index (χ0) is 16.0. The molecule has 0 spiro atoms. The molecule has 0 aliphatic heterocycles. The fourth-order valence-corrected chi connectivity index (χ4v) is 1.96. The van der Waals surface area contributed by atoms with Gasteiger partial charge in [-0.3, -0.25) is 0 Å². The third-order valence-corrected chi connectivity index (χ3v) is 2.87. The Kier molecular flexibility index (Phi) is 9.00. The zero-order valence-electron chi connectivity index (χ0n) is 14.9. The number of nitrogens with zero attached hydrogens (tertiary/aromatic N) is 3. The number of guanidine groups is 1. The smallest absolute Gasteiger partial charge is 0.195 e. The SMILES string of the molecule is CN(C)C(=NCc1cccc(COC(C)(C)C)c1)N(C)C.I. The summed E-state index contributed by atoms with van der Waals surface area (Å²) in [5, 5.41) is 0. The summed E-state index contributed by atoms with van der Waals surface area (Å²) in [5.41, 5.74) is 2.28. The highest BCUT2D eigenvalue weighted by molar-refractivity contribution is 14.0. The third kappa shape index (κ3) is 7.98. The van der Waals surface area contributed by atoms with Crippen LogP contribution in [0, 0.1) is 0 Å². The summed E-state index contributed by atoms with van der Waals surface area (Å²) in [6, 6.07) is 8.43. The molecule has 0 bridgehead atoms. The van der Waals surface area contributed by atoms with Gasteiger partial charge in [-0.25, -0.2) is 4.99 Å². The Labute approximate surface area is 152 Å². The number of aliphatic imine (C=N–C) groups is 1. The second-order valence-corrected chi connectivity index (χ2v) is 6.63. The Hall–Kier alpha value is -0.820. The number of halogens is 1. The molecule has 0 saturated carbocycles.